The van der Waals surface area contributed by atoms with Gasteiger partial charge in [-0.15, -0.1) is 11.3 Å². The molecular formula is C62H39N3OS. The molecule has 0 bridgehead atoms. The van der Waals surface area contributed by atoms with Crippen molar-refractivity contribution in [1.82, 2.24) is 4.57 Å². The number of aliphatic imine (C=N–C) groups is 2. The van der Waals surface area contributed by atoms with Gasteiger partial charge in [0.25, 0.3) is 0 Å². The van der Waals surface area contributed by atoms with Crippen LogP contribution in [0.1, 0.15) is 29.5 Å². The molecule has 14 rings (SSSR count). The summed E-state index contributed by atoms with van der Waals surface area (Å²) >= 11 is 1.84. The normalized spacial score (nSPS) is 13.5. The molecular weight excluding hydrogens is 835 g/mol. The molecule has 4 nitrogen and oxygen atoms in total. The first-order valence-corrected chi connectivity index (χ1v) is 23.7. The van der Waals surface area contributed by atoms with Crippen molar-refractivity contribution in [2.24, 2.45) is 9.98 Å². The smallest absolute Gasteiger partial charge is 0.160 e. The maximum absolute atomic E-state index is 7.15. The second kappa shape index (κ2) is 15.1. The molecule has 0 amide bonds. The fourth-order valence-electron chi connectivity index (χ4n) is 10.4. The van der Waals surface area contributed by atoms with Crippen molar-refractivity contribution in [2.75, 3.05) is 0 Å². The summed E-state index contributed by atoms with van der Waals surface area (Å²) in [6.07, 6.45) is 3.79. The Bertz CT molecular complexity index is 4280. The molecule has 5 heteroatoms. The van der Waals surface area contributed by atoms with Crippen LogP contribution in [0.3, 0.4) is 0 Å². The van der Waals surface area contributed by atoms with Gasteiger partial charge in [-0.25, -0.2) is 9.98 Å². The van der Waals surface area contributed by atoms with Crippen LogP contribution in [-0.2, 0) is 0 Å². The minimum Gasteiger partial charge on any atom is -0.455 e. The van der Waals surface area contributed by atoms with Gasteiger partial charge in [0.15, 0.2) is 5.84 Å². The molecule has 0 fully saturated rings. The molecule has 1 aliphatic rings. The van der Waals surface area contributed by atoms with Crippen molar-refractivity contribution >= 4 is 114 Å². The number of allylic oxidation sites excluding steroid dienone is 1. The number of furan rings is 1. The van der Waals surface area contributed by atoms with Crippen LogP contribution in [-0.4, -0.2) is 16.1 Å². The molecule has 0 unspecified atom stereocenters. The quantitative estimate of drug-likeness (QED) is 0.170. The second-order valence-electron chi connectivity index (χ2n) is 17.6. The van der Waals surface area contributed by atoms with Gasteiger partial charge in [0, 0.05) is 63.9 Å². The van der Waals surface area contributed by atoms with E-state index in [0.717, 1.165) is 101 Å². The lowest BCUT2D eigenvalue weighted by molar-refractivity contribution is 0.671. The van der Waals surface area contributed by atoms with Gasteiger partial charge in [0.2, 0.25) is 0 Å². The molecule has 0 atom stereocenters. The van der Waals surface area contributed by atoms with Gasteiger partial charge in [-0.2, -0.15) is 0 Å². The molecule has 3 aromatic heterocycles. The Hall–Kier alpha value is -8.38. The van der Waals surface area contributed by atoms with E-state index in [0.29, 0.717) is 5.84 Å². The van der Waals surface area contributed by atoms with Crippen molar-refractivity contribution in [3.8, 4) is 16.8 Å². The molecule has 314 valence electrons. The SMILES string of the molecule is C1=C(c2cc(-n3c4ccccc4c4cc5ccccc5cc43)cc3c2oc2c4ccccc4ccc32)N=C(c2cccc(-c3ccccc3)c2)N=C(c2ccc3c(c2)sc2ccccc23)CC1. The molecule has 1 aliphatic heterocycles. The first-order valence-electron chi connectivity index (χ1n) is 22.9. The average Bonchev–Trinajstić information content (AvgIpc) is 4.05. The number of fused-ring (bicyclic) bond motifs is 12. The number of rotatable bonds is 5. The lowest BCUT2D eigenvalue weighted by Gasteiger charge is -2.16. The number of thiophene rings is 1. The fourth-order valence-corrected chi connectivity index (χ4v) is 11.6. The molecule has 0 N–H and O–H groups in total. The van der Waals surface area contributed by atoms with Crippen LogP contribution in [0.5, 0.6) is 0 Å². The van der Waals surface area contributed by atoms with Crippen LogP contribution in [0.4, 0.5) is 0 Å². The predicted molar refractivity (Wildman–Crippen MR) is 285 cm³/mol. The van der Waals surface area contributed by atoms with E-state index < -0.39 is 0 Å². The molecule has 0 saturated heterocycles. The first-order chi connectivity index (χ1) is 33.2. The Morgan fingerprint density at radius 2 is 1.13 bits per heavy atom. The maximum atomic E-state index is 7.15. The zero-order valence-corrected chi connectivity index (χ0v) is 37.1. The molecule has 4 heterocycles. The van der Waals surface area contributed by atoms with Gasteiger partial charge in [-0.1, -0.05) is 158 Å². The van der Waals surface area contributed by atoms with E-state index in [-0.39, 0.29) is 0 Å². The Kier molecular flexibility index (Phi) is 8.55. The van der Waals surface area contributed by atoms with Gasteiger partial charge in [-0.3, -0.25) is 0 Å². The van der Waals surface area contributed by atoms with Gasteiger partial charge in [0.05, 0.1) is 22.4 Å². The number of nitrogens with zero attached hydrogens (tertiary/aromatic N) is 3. The summed E-state index contributed by atoms with van der Waals surface area (Å²) in [7, 11) is 0. The third kappa shape index (κ3) is 6.20. The van der Waals surface area contributed by atoms with Gasteiger partial charge in [-0.05, 0) is 100 Å². The summed E-state index contributed by atoms with van der Waals surface area (Å²) in [5.41, 5.74) is 12.2. The average molecular weight is 874 g/mol. The van der Waals surface area contributed by atoms with E-state index in [1.54, 1.807) is 0 Å². The predicted octanol–water partition coefficient (Wildman–Crippen LogP) is 17.1. The molecule has 67 heavy (non-hydrogen) atoms. The summed E-state index contributed by atoms with van der Waals surface area (Å²) in [5.74, 6) is 0.665. The van der Waals surface area contributed by atoms with Crippen molar-refractivity contribution in [2.45, 2.75) is 12.8 Å². The number of para-hydroxylation sites is 1. The van der Waals surface area contributed by atoms with Crippen molar-refractivity contribution in [3.05, 3.63) is 229 Å². The highest BCUT2D eigenvalue weighted by Crippen LogP contribution is 2.43. The number of hydrogen-bond donors (Lipinski definition) is 0. The van der Waals surface area contributed by atoms with Crippen molar-refractivity contribution in [3.63, 3.8) is 0 Å². The summed E-state index contributed by atoms with van der Waals surface area (Å²) in [6, 6.07) is 74.4. The Balaban J connectivity index is 1.03. The van der Waals surface area contributed by atoms with E-state index in [1.807, 2.05) is 11.3 Å². The number of aromatic nitrogens is 1. The van der Waals surface area contributed by atoms with E-state index in [1.165, 1.54) is 41.7 Å². The molecule has 10 aromatic carbocycles. The third-order valence-electron chi connectivity index (χ3n) is 13.6. The lowest BCUT2D eigenvalue weighted by Crippen LogP contribution is -2.09. The molecule has 0 radical (unpaired) electrons. The topological polar surface area (TPSA) is 42.8 Å². The van der Waals surface area contributed by atoms with Crippen LogP contribution in [0.15, 0.2) is 227 Å². The monoisotopic (exact) mass is 873 g/mol. The highest BCUT2D eigenvalue weighted by Gasteiger charge is 2.23. The second-order valence-corrected chi connectivity index (χ2v) is 18.7. The van der Waals surface area contributed by atoms with Gasteiger partial charge < -0.3 is 8.98 Å². The number of amidine groups is 1. The van der Waals surface area contributed by atoms with E-state index in [4.69, 9.17) is 14.4 Å². The highest BCUT2D eigenvalue weighted by atomic mass is 32.1. The van der Waals surface area contributed by atoms with Crippen LogP contribution in [0.2, 0.25) is 0 Å². The summed E-state index contributed by atoms with van der Waals surface area (Å²) < 4.78 is 12.1. The van der Waals surface area contributed by atoms with Crippen LogP contribution < -0.4 is 0 Å². The number of hydrogen-bond acceptors (Lipinski definition) is 4. The Labute approximate surface area is 389 Å². The zero-order chi connectivity index (χ0) is 44.0. The van der Waals surface area contributed by atoms with E-state index in [9.17, 15) is 0 Å². The molecule has 0 saturated carbocycles. The summed E-state index contributed by atoms with van der Waals surface area (Å²) in [4.78, 5) is 11.3. The summed E-state index contributed by atoms with van der Waals surface area (Å²) in [5, 5.41) is 11.8. The Morgan fingerprint density at radius 3 is 2.03 bits per heavy atom. The van der Waals surface area contributed by atoms with E-state index in [2.05, 4.69) is 217 Å². The van der Waals surface area contributed by atoms with Gasteiger partial charge in [0.1, 0.15) is 11.2 Å². The maximum Gasteiger partial charge on any atom is 0.160 e. The van der Waals surface area contributed by atoms with E-state index >= 15 is 0 Å². The van der Waals surface area contributed by atoms with Crippen molar-refractivity contribution in [1.29, 1.82) is 0 Å². The number of benzene rings is 10. The summed E-state index contributed by atoms with van der Waals surface area (Å²) in [6.45, 7) is 0. The largest absolute Gasteiger partial charge is 0.455 e. The third-order valence-corrected chi connectivity index (χ3v) is 14.8. The van der Waals surface area contributed by atoms with Crippen LogP contribution in [0, 0.1) is 0 Å². The van der Waals surface area contributed by atoms with Gasteiger partial charge >= 0.3 is 0 Å². The minimum atomic E-state index is 0.665. The molecule has 13 aromatic rings. The van der Waals surface area contributed by atoms with Crippen LogP contribution in [0.25, 0.3) is 108 Å². The van der Waals surface area contributed by atoms with Crippen LogP contribution >= 0.6 is 11.3 Å². The molecule has 0 spiro atoms. The standard InChI is InChI=1S/C62H39N3OS/c1-2-14-38(15-3-1)40-19-12-20-44(32-40)62-63-54(43-29-30-49-48-23-9-11-27-58(48)67-59(49)35-43)24-13-25-55(64-62)53-37-45(36-52-50-31-28-39-16-6-7-21-46(39)60(50)66-61(52)53)65-56-26-10-8-22-47(56)51-33-41-17-4-5-18-42(41)34-57(51)65/h1-12,14-23,25-37H,13,24H2. The highest BCUT2D eigenvalue weighted by molar-refractivity contribution is 7.25. The zero-order valence-electron chi connectivity index (χ0n) is 36.3. The fraction of sp³-hybridized carbons (Fsp3) is 0.0323. The lowest BCUT2D eigenvalue weighted by atomic mass is 9.99. The van der Waals surface area contributed by atoms with Crippen molar-refractivity contribution < 1.29 is 4.42 Å². The first kappa shape index (κ1) is 37.9. The Morgan fingerprint density at radius 1 is 0.418 bits per heavy atom. The molecule has 0 aliphatic carbocycles. The minimum absolute atomic E-state index is 0.665.